The van der Waals surface area contributed by atoms with Gasteiger partial charge >= 0.3 is 5.97 Å². The molecule has 8 heteroatoms. The van der Waals surface area contributed by atoms with Gasteiger partial charge in [-0.25, -0.2) is 18.6 Å². The normalized spacial score (nSPS) is 10.1. The van der Waals surface area contributed by atoms with Crippen LogP contribution in [0.1, 0.15) is 16.1 Å². The number of benzene rings is 1. The van der Waals surface area contributed by atoms with Crippen LogP contribution in [0.15, 0.2) is 18.2 Å². The fourth-order valence-corrected chi connectivity index (χ4v) is 2.12. The van der Waals surface area contributed by atoms with E-state index in [9.17, 15) is 13.6 Å². The molecule has 0 N–H and O–H groups in total. The quantitative estimate of drug-likeness (QED) is 0.802. The number of nitriles is 1. The summed E-state index contributed by atoms with van der Waals surface area (Å²) in [6.07, 6.45) is 0. The molecule has 0 aliphatic carbocycles. The molecule has 0 unspecified atom stereocenters. The molecule has 23 heavy (non-hydrogen) atoms. The minimum Gasteiger partial charge on any atom is -0.492 e. The number of carbonyl (C=O) groups excluding carboxylic acids is 1. The second-order valence-corrected chi connectivity index (χ2v) is 4.67. The van der Waals surface area contributed by atoms with E-state index in [0.717, 1.165) is 20.3 Å². The molecule has 0 radical (unpaired) electrons. The van der Waals surface area contributed by atoms with Gasteiger partial charge < -0.3 is 9.47 Å². The number of methoxy groups -OCH3 is 2. The molecule has 0 aliphatic rings. The third-order valence-electron chi connectivity index (χ3n) is 2.98. The van der Waals surface area contributed by atoms with Crippen molar-refractivity contribution in [2.45, 2.75) is 0 Å². The SMILES string of the molecule is COC(=O)c1nc(-c2c(F)cc(C#N)c(OC)c2F)ccc1Cl. The Morgan fingerprint density at radius 2 is 2.04 bits per heavy atom. The van der Waals surface area contributed by atoms with Crippen LogP contribution in [0.3, 0.4) is 0 Å². The number of hydrogen-bond donors (Lipinski definition) is 0. The van der Waals surface area contributed by atoms with Crippen LogP contribution >= 0.6 is 11.6 Å². The monoisotopic (exact) mass is 338 g/mol. The van der Waals surface area contributed by atoms with Crippen molar-refractivity contribution in [3.8, 4) is 23.1 Å². The molecule has 0 fully saturated rings. The van der Waals surface area contributed by atoms with Gasteiger partial charge in [-0.05, 0) is 18.2 Å². The molecule has 0 saturated heterocycles. The Morgan fingerprint density at radius 1 is 1.35 bits per heavy atom. The third-order valence-corrected chi connectivity index (χ3v) is 3.28. The van der Waals surface area contributed by atoms with E-state index in [1.165, 1.54) is 12.1 Å². The van der Waals surface area contributed by atoms with Crippen LogP contribution < -0.4 is 4.74 Å². The predicted octanol–water partition coefficient (Wildman–Crippen LogP) is 3.35. The van der Waals surface area contributed by atoms with Gasteiger partial charge in [0.25, 0.3) is 0 Å². The van der Waals surface area contributed by atoms with Crippen molar-refractivity contribution in [1.29, 1.82) is 5.26 Å². The summed E-state index contributed by atoms with van der Waals surface area (Å²) in [6.45, 7) is 0. The summed E-state index contributed by atoms with van der Waals surface area (Å²) >= 11 is 5.82. The first-order valence-electron chi connectivity index (χ1n) is 6.15. The van der Waals surface area contributed by atoms with E-state index < -0.39 is 28.9 Å². The lowest BCUT2D eigenvalue weighted by molar-refractivity contribution is 0.0594. The molecular formula is C15H9ClF2N2O3. The maximum Gasteiger partial charge on any atom is 0.358 e. The van der Waals surface area contributed by atoms with Crippen LogP contribution in [0.25, 0.3) is 11.3 Å². The van der Waals surface area contributed by atoms with Crippen molar-refractivity contribution in [3.05, 3.63) is 46.1 Å². The predicted molar refractivity (Wildman–Crippen MR) is 77.2 cm³/mol. The van der Waals surface area contributed by atoms with E-state index in [1.807, 2.05) is 0 Å². The number of halogens is 3. The van der Waals surface area contributed by atoms with E-state index in [0.29, 0.717) is 0 Å². The average molecular weight is 339 g/mol. The van der Waals surface area contributed by atoms with Crippen LogP contribution in [0.2, 0.25) is 5.02 Å². The smallest absolute Gasteiger partial charge is 0.358 e. The van der Waals surface area contributed by atoms with Gasteiger partial charge in [0.2, 0.25) is 0 Å². The molecule has 0 amide bonds. The van der Waals surface area contributed by atoms with E-state index in [4.69, 9.17) is 21.6 Å². The van der Waals surface area contributed by atoms with Crippen molar-refractivity contribution in [3.63, 3.8) is 0 Å². The molecule has 1 aromatic heterocycles. The molecule has 118 valence electrons. The van der Waals surface area contributed by atoms with Crippen molar-refractivity contribution in [2.75, 3.05) is 14.2 Å². The van der Waals surface area contributed by atoms with Crippen molar-refractivity contribution >= 4 is 17.6 Å². The van der Waals surface area contributed by atoms with Crippen LogP contribution in [0.5, 0.6) is 5.75 Å². The molecule has 0 atom stereocenters. The Morgan fingerprint density at radius 3 is 2.61 bits per heavy atom. The van der Waals surface area contributed by atoms with Gasteiger partial charge in [0.05, 0.1) is 36.1 Å². The molecule has 2 aromatic rings. The summed E-state index contributed by atoms with van der Waals surface area (Å²) in [5, 5.41) is 8.86. The van der Waals surface area contributed by atoms with Gasteiger partial charge in [0.1, 0.15) is 11.9 Å². The Bertz CT molecular complexity index is 834. The zero-order valence-electron chi connectivity index (χ0n) is 12.0. The first kappa shape index (κ1) is 16.6. The average Bonchev–Trinajstić information content (AvgIpc) is 2.54. The van der Waals surface area contributed by atoms with Crippen molar-refractivity contribution in [2.24, 2.45) is 0 Å². The standard InChI is InChI=1S/C15H9ClF2N2O3/c1-22-14-7(6-19)5-9(17)11(12(14)18)10-4-3-8(16)13(20-10)15(21)23-2/h3-5H,1-2H3. The summed E-state index contributed by atoms with van der Waals surface area (Å²) in [5.74, 6) is -3.39. The molecule has 0 bridgehead atoms. The molecule has 2 rings (SSSR count). The highest BCUT2D eigenvalue weighted by Gasteiger charge is 2.23. The minimum atomic E-state index is -1.10. The lowest BCUT2D eigenvalue weighted by Gasteiger charge is -2.11. The second-order valence-electron chi connectivity index (χ2n) is 4.26. The molecule has 1 aromatic carbocycles. The Balaban J connectivity index is 2.73. The highest BCUT2D eigenvalue weighted by atomic mass is 35.5. The van der Waals surface area contributed by atoms with E-state index in [1.54, 1.807) is 6.07 Å². The molecule has 0 saturated carbocycles. The summed E-state index contributed by atoms with van der Waals surface area (Å²) in [5.41, 5.74) is -1.31. The first-order valence-corrected chi connectivity index (χ1v) is 6.53. The highest BCUT2D eigenvalue weighted by Crippen LogP contribution is 2.34. The van der Waals surface area contributed by atoms with Crippen molar-refractivity contribution < 1.29 is 23.0 Å². The van der Waals surface area contributed by atoms with Gasteiger partial charge in [0.15, 0.2) is 17.3 Å². The number of ether oxygens (including phenoxy) is 2. The van der Waals surface area contributed by atoms with Crippen molar-refractivity contribution in [1.82, 2.24) is 4.98 Å². The van der Waals surface area contributed by atoms with E-state index >= 15 is 0 Å². The van der Waals surface area contributed by atoms with Crippen LogP contribution in [-0.4, -0.2) is 25.2 Å². The third kappa shape index (κ3) is 2.94. The number of rotatable bonds is 3. The number of esters is 1. The lowest BCUT2D eigenvalue weighted by Crippen LogP contribution is -2.07. The van der Waals surface area contributed by atoms with E-state index in [2.05, 4.69) is 9.72 Å². The van der Waals surface area contributed by atoms with Gasteiger partial charge in [-0.15, -0.1) is 0 Å². The molecular weight excluding hydrogens is 330 g/mol. The minimum absolute atomic E-state index is 0.0259. The summed E-state index contributed by atoms with van der Waals surface area (Å²) < 4.78 is 38.0. The summed E-state index contributed by atoms with van der Waals surface area (Å²) in [4.78, 5) is 15.4. The van der Waals surface area contributed by atoms with Gasteiger partial charge in [-0.2, -0.15) is 5.26 Å². The fourth-order valence-electron chi connectivity index (χ4n) is 1.94. The van der Waals surface area contributed by atoms with Crippen LogP contribution in [-0.2, 0) is 4.74 Å². The highest BCUT2D eigenvalue weighted by molar-refractivity contribution is 6.33. The Labute approximate surface area is 135 Å². The van der Waals surface area contributed by atoms with Gasteiger partial charge in [-0.1, -0.05) is 11.6 Å². The number of aromatic nitrogens is 1. The maximum atomic E-state index is 14.5. The molecule has 0 aliphatic heterocycles. The van der Waals surface area contributed by atoms with Crippen LogP contribution in [0, 0.1) is 23.0 Å². The maximum absolute atomic E-state index is 14.5. The molecule has 1 heterocycles. The van der Waals surface area contributed by atoms with E-state index in [-0.39, 0.29) is 22.0 Å². The largest absolute Gasteiger partial charge is 0.492 e. The summed E-state index contributed by atoms with van der Waals surface area (Å²) in [7, 11) is 2.27. The second kappa shape index (κ2) is 6.58. The molecule has 5 nitrogen and oxygen atoms in total. The first-order chi connectivity index (χ1) is 10.9. The number of carbonyl (C=O) groups is 1. The Kier molecular flexibility index (Phi) is 4.77. The Hall–Kier alpha value is -2.72. The number of pyridine rings is 1. The molecule has 0 spiro atoms. The number of nitrogens with zero attached hydrogens (tertiary/aromatic N) is 2. The topological polar surface area (TPSA) is 72.2 Å². The zero-order chi connectivity index (χ0) is 17.1. The van der Waals surface area contributed by atoms with Crippen LogP contribution in [0.4, 0.5) is 8.78 Å². The van der Waals surface area contributed by atoms with Gasteiger partial charge in [-0.3, -0.25) is 0 Å². The summed E-state index contributed by atoms with van der Waals surface area (Å²) in [6, 6.07) is 4.96. The number of hydrogen-bond acceptors (Lipinski definition) is 5. The zero-order valence-corrected chi connectivity index (χ0v) is 12.7. The lowest BCUT2D eigenvalue weighted by atomic mass is 10.1. The fraction of sp³-hybridized carbons (Fsp3) is 0.133. The van der Waals surface area contributed by atoms with Gasteiger partial charge in [0, 0.05) is 0 Å².